The lowest BCUT2D eigenvalue weighted by Crippen LogP contribution is -2.10. The molecule has 2 aliphatic heterocycles. The predicted molar refractivity (Wildman–Crippen MR) is 59.0 cm³/mol. The first-order valence-electron chi connectivity index (χ1n) is 5.46. The van der Waals surface area contributed by atoms with Gasteiger partial charge < -0.3 is 24.1 Å². The molecule has 0 aromatic heterocycles. The van der Waals surface area contributed by atoms with E-state index in [0.29, 0.717) is 38.6 Å². The molecule has 0 aromatic rings. The summed E-state index contributed by atoms with van der Waals surface area (Å²) in [6.45, 7) is 7.42. The van der Waals surface area contributed by atoms with Gasteiger partial charge in [-0.2, -0.15) is 0 Å². The van der Waals surface area contributed by atoms with Gasteiger partial charge in [-0.05, 0) is 0 Å². The Labute approximate surface area is 100 Å². The fraction of sp³-hybridized carbons (Fsp3) is 0.727. The number of carboxylic acid groups (broad SMARTS) is 1. The molecule has 2 atom stereocenters. The van der Waals surface area contributed by atoms with Crippen molar-refractivity contribution in [3.63, 3.8) is 0 Å². The highest BCUT2D eigenvalue weighted by Crippen LogP contribution is 2.09. The van der Waals surface area contributed by atoms with Gasteiger partial charge in [0.15, 0.2) is 0 Å². The maximum absolute atomic E-state index is 9.25. The summed E-state index contributed by atoms with van der Waals surface area (Å²) in [6.07, 6.45) is 1.55. The molecule has 98 valence electrons. The minimum Gasteiger partial charge on any atom is -0.478 e. The third-order valence-corrected chi connectivity index (χ3v) is 1.96. The number of rotatable bonds is 8. The van der Waals surface area contributed by atoms with Crippen LogP contribution in [0.5, 0.6) is 0 Å². The van der Waals surface area contributed by atoms with Crippen LogP contribution >= 0.6 is 0 Å². The Morgan fingerprint density at radius 3 is 1.82 bits per heavy atom. The lowest BCUT2D eigenvalue weighted by atomic mass is 10.5. The number of hydrogen-bond acceptors (Lipinski definition) is 5. The molecule has 0 saturated carbocycles. The van der Waals surface area contributed by atoms with Crippen LogP contribution in [0.15, 0.2) is 12.7 Å². The van der Waals surface area contributed by atoms with Gasteiger partial charge in [0.25, 0.3) is 0 Å². The van der Waals surface area contributed by atoms with Crippen molar-refractivity contribution < 1.29 is 28.8 Å². The Hall–Kier alpha value is -0.950. The molecule has 0 aromatic carbocycles. The van der Waals surface area contributed by atoms with Crippen LogP contribution < -0.4 is 0 Å². The fourth-order valence-corrected chi connectivity index (χ4v) is 0.876. The molecular formula is C11H18O6. The van der Waals surface area contributed by atoms with E-state index in [-0.39, 0.29) is 0 Å². The SMILES string of the molecule is C(COCC1CO1)OCC1CO1.C=CC(=O)O. The second-order valence-electron chi connectivity index (χ2n) is 3.60. The van der Waals surface area contributed by atoms with Crippen molar-refractivity contribution >= 4 is 5.97 Å². The summed E-state index contributed by atoms with van der Waals surface area (Å²) < 4.78 is 20.5. The zero-order valence-corrected chi connectivity index (χ0v) is 9.67. The van der Waals surface area contributed by atoms with Crippen molar-refractivity contribution in [2.24, 2.45) is 0 Å². The van der Waals surface area contributed by atoms with Crippen molar-refractivity contribution in [2.75, 3.05) is 39.6 Å². The van der Waals surface area contributed by atoms with E-state index in [1.165, 1.54) is 0 Å². The first-order valence-corrected chi connectivity index (χ1v) is 5.46. The molecule has 0 amide bonds. The maximum atomic E-state index is 9.25. The number of epoxide rings is 2. The van der Waals surface area contributed by atoms with E-state index in [4.69, 9.17) is 24.1 Å². The quantitative estimate of drug-likeness (QED) is 0.371. The Morgan fingerprint density at radius 2 is 1.59 bits per heavy atom. The van der Waals surface area contributed by atoms with Gasteiger partial charge in [0.05, 0.1) is 39.6 Å². The molecule has 2 heterocycles. The first-order chi connectivity index (χ1) is 8.22. The zero-order valence-electron chi connectivity index (χ0n) is 9.67. The zero-order chi connectivity index (χ0) is 12.5. The number of ether oxygens (including phenoxy) is 4. The van der Waals surface area contributed by atoms with Crippen LogP contribution in [0.1, 0.15) is 0 Å². The first kappa shape index (κ1) is 14.1. The fourth-order valence-electron chi connectivity index (χ4n) is 0.876. The molecule has 1 N–H and O–H groups in total. The average Bonchev–Trinajstić information content (AvgIpc) is 3.16. The van der Waals surface area contributed by atoms with Crippen LogP contribution in [0.2, 0.25) is 0 Å². The molecule has 2 saturated heterocycles. The Balaban J connectivity index is 0.000000249. The van der Waals surface area contributed by atoms with Crippen molar-refractivity contribution in [3.05, 3.63) is 12.7 Å². The molecule has 0 bridgehead atoms. The number of carbonyl (C=O) groups is 1. The topological polar surface area (TPSA) is 80.8 Å². The monoisotopic (exact) mass is 246 g/mol. The molecule has 6 nitrogen and oxygen atoms in total. The highest BCUT2D eigenvalue weighted by molar-refractivity contribution is 5.78. The van der Waals surface area contributed by atoms with E-state index < -0.39 is 5.97 Å². The van der Waals surface area contributed by atoms with E-state index in [2.05, 4.69) is 6.58 Å². The average molecular weight is 246 g/mol. The van der Waals surface area contributed by atoms with Crippen molar-refractivity contribution in [2.45, 2.75) is 12.2 Å². The Kier molecular flexibility index (Phi) is 6.80. The summed E-state index contributed by atoms with van der Waals surface area (Å²) in [5, 5.41) is 7.60. The highest BCUT2D eigenvalue weighted by Gasteiger charge is 2.23. The molecule has 2 unspecified atom stereocenters. The summed E-state index contributed by atoms with van der Waals surface area (Å²) in [5.74, 6) is -0.981. The standard InChI is InChI=1S/C8H14O4.C3H4O2/c1(9-3-7-5-11-7)2-10-4-8-6-12-8;1-2-3(4)5/h7-8H,1-6H2;2H,1H2,(H,4,5). The van der Waals surface area contributed by atoms with Crippen LogP contribution in [0.4, 0.5) is 0 Å². The molecule has 2 rings (SSSR count). The van der Waals surface area contributed by atoms with E-state index in [9.17, 15) is 4.79 Å². The smallest absolute Gasteiger partial charge is 0.327 e. The van der Waals surface area contributed by atoms with Gasteiger partial charge in [0.2, 0.25) is 0 Å². The summed E-state index contributed by atoms with van der Waals surface area (Å²) in [4.78, 5) is 9.25. The summed E-state index contributed by atoms with van der Waals surface area (Å²) >= 11 is 0. The molecule has 2 aliphatic rings. The molecule has 6 heteroatoms. The molecule has 0 spiro atoms. The summed E-state index contributed by atoms with van der Waals surface area (Å²) in [6, 6.07) is 0. The van der Waals surface area contributed by atoms with Crippen LogP contribution in [0.25, 0.3) is 0 Å². The third kappa shape index (κ3) is 9.95. The second kappa shape index (κ2) is 8.19. The van der Waals surface area contributed by atoms with Crippen LogP contribution in [0, 0.1) is 0 Å². The van der Waals surface area contributed by atoms with E-state index in [0.717, 1.165) is 19.3 Å². The van der Waals surface area contributed by atoms with Crippen molar-refractivity contribution in [3.8, 4) is 0 Å². The second-order valence-corrected chi connectivity index (χ2v) is 3.60. The van der Waals surface area contributed by atoms with Crippen LogP contribution in [-0.4, -0.2) is 62.9 Å². The van der Waals surface area contributed by atoms with E-state index in [1.807, 2.05) is 0 Å². The minimum atomic E-state index is -0.981. The number of aliphatic carboxylic acids is 1. The molecule has 17 heavy (non-hydrogen) atoms. The van der Waals surface area contributed by atoms with E-state index >= 15 is 0 Å². The van der Waals surface area contributed by atoms with Gasteiger partial charge in [0.1, 0.15) is 12.2 Å². The van der Waals surface area contributed by atoms with Gasteiger partial charge in [-0.15, -0.1) is 0 Å². The predicted octanol–water partition coefficient (Wildman–Crippen LogP) is 0.0742. The van der Waals surface area contributed by atoms with E-state index in [1.54, 1.807) is 0 Å². The Bertz CT molecular complexity index is 218. The summed E-state index contributed by atoms with van der Waals surface area (Å²) in [7, 11) is 0. The largest absolute Gasteiger partial charge is 0.478 e. The molecule has 0 aliphatic carbocycles. The van der Waals surface area contributed by atoms with Crippen LogP contribution in [0.3, 0.4) is 0 Å². The molecule has 2 fully saturated rings. The number of hydrogen-bond donors (Lipinski definition) is 1. The molecule has 0 radical (unpaired) electrons. The van der Waals surface area contributed by atoms with Crippen LogP contribution in [-0.2, 0) is 23.7 Å². The Morgan fingerprint density at radius 1 is 1.24 bits per heavy atom. The van der Waals surface area contributed by atoms with Crippen molar-refractivity contribution in [1.82, 2.24) is 0 Å². The lowest BCUT2D eigenvalue weighted by Gasteiger charge is -2.02. The minimum absolute atomic E-state index is 0.358. The third-order valence-electron chi connectivity index (χ3n) is 1.96. The van der Waals surface area contributed by atoms with Gasteiger partial charge in [0, 0.05) is 6.08 Å². The highest BCUT2D eigenvalue weighted by atomic mass is 16.6. The van der Waals surface area contributed by atoms with Gasteiger partial charge >= 0.3 is 5.97 Å². The maximum Gasteiger partial charge on any atom is 0.327 e. The summed E-state index contributed by atoms with van der Waals surface area (Å²) in [5.41, 5.74) is 0. The van der Waals surface area contributed by atoms with Crippen molar-refractivity contribution in [1.29, 1.82) is 0 Å². The number of carboxylic acids is 1. The molecular weight excluding hydrogens is 228 g/mol. The van der Waals surface area contributed by atoms with Gasteiger partial charge in [-0.1, -0.05) is 6.58 Å². The van der Waals surface area contributed by atoms with Gasteiger partial charge in [-0.3, -0.25) is 0 Å². The van der Waals surface area contributed by atoms with Gasteiger partial charge in [-0.25, -0.2) is 4.79 Å². The lowest BCUT2D eigenvalue weighted by molar-refractivity contribution is -0.131. The normalized spacial score (nSPS) is 24.5.